The largest absolute Gasteiger partial charge is 0.385 e. The summed E-state index contributed by atoms with van der Waals surface area (Å²) in [5.41, 5.74) is -0.756. The number of carbonyl (C=O) groups is 2. The van der Waals surface area contributed by atoms with Crippen LogP contribution in [-0.4, -0.2) is 48.6 Å². The van der Waals surface area contributed by atoms with Crippen molar-refractivity contribution in [3.8, 4) is 0 Å². The molecule has 0 aromatic rings. The number of hydrogen-bond donors (Lipinski definition) is 1. The van der Waals surface area contributed by atoms with Crippen molar-refractivity contribution in [2.24, 2.45) is 0 Å². The van der Waals surface area contributed by atoms with Crippen LogP contribution in [0.2, 0.25) is 0 Å². The first-order valence-corrected chi connectivity index (χ1v) is 7.12. The second-order valence-corrected chi connectivity index (χ2v) is 5.32. The van der Waals surface area contributed by atoms with Crippen molar-refractivity contribution in [2.75, 3.05) is 20.3 Å². The summed E-state index contributed by atoms with van der Waals surface area (Å²) in [5.74, 6) is 0.00682. The van der Waals surface area contributed by atoms with E-state index in [2.05, 4.69) is 5.32 Å². The molecule has 1 heterocycles. The van der Waals surface area contributed by atoms with Gasteiger partial charge in [0.1, 0.15) is 11.6 Å². The first-order valence-electron chi connectivity index (χ1n) is 7.12. The Hall–Kier alpha value is -1.10. The molecule has 1 aliphatic rings. The molecule has 5 heteroatoms. The molecule has 1 rings (SSSR count). The van der Waals surface area contributed by atoms with E-state index in [4.69, 9.17) is 4.74 Å². The van der Waals surface area contributed by atoms with Gasteiger partial charge in [0.2, 0.25) is 11.8 Å². The quantitative estimate of drug-likeness (QED) is 0.710. The van der Waals surface area contributed by atoms with Gasteiger partial charge in [-0.15, -0.1) is 0 Å². The molecule has 0 spiro atoms. The van der Waals surface area contributed by atoms with E-state index < -0.39 is 5.54 Å². The maximum atomic E-state index is 12.6. The first-order chi connectivity index (χ1) is 9.00. The summed E-state index contributed by atoms with van der Waals surface area (Å²) in [5, 5.41) is 2.89. The Balaban J connectivity index is 2.87. The summed E-state index contributed by atoms with van der Waals surface area (Å²) in [7, 11) is 1.64. The highest BCUT2D eigenvalue weighted by Crippen LogP contribution is 2.23. The average Bonchev–Trinajstić information content (AvgIpc) is 2.39. The van der Waals surface area contributed by atoms with Crippen molar-refractivity contribution in [3.63, 3.8) is 0 Å². The topological polar surface area (TPSA) is 58.6 Å². The highest BCUT2D eigenvalue weighted by Gasteiger charge is 2.46. The van der Waals surface area contributed by atoms with E-state index in [0.29, 0.717) is 26.0 Å². The lowest BCUT2D eigenvalue weighted by molar-refractivity contribution is -0.155. The summed E-state index contributed by atoms with van der Waals surface area (Å²) in [4.78, 5) is 26.5. The van der Waals surface area contributed by atoms with Crippen LogP contribution in [0.25, 0.3) is 0 Å². The number of methoxy groups -OCH3 is 1. The van der Waals surface area contributed by atoms with Crippen molar-refractivity contribution in [1.82, 2.24) is 10.2 Å². The molecule has 110 valence electrons. The summed E-state index contributed by atoms with van der Waals surface area (Å²) in [6.07, 6.45) is 2.96. The minimum Gasteiger partial charge on any atom is -0.385 e. The van der Waals surface area contributed by atoms with Gasteiger partial charge in [-0.1, -0.05) is 20.3 Å². The molecule has 2 unspecified atom stereocenters. The molecule has 1 fully saturated rings. The van der Waals surface area contributed by atoms with Crippen LogP contribution in [0.1, 0.15) is 46.5 Å². The van der Waals surface area contributed by atoms with Gasteiger partial charge in [-0.05, 0) is 26.2 Å². The zero-order chi connectivity index (χ0) is 14.5. The predicted octanol–water partition coefficient (Wildman–Crippen LogP) is 1.32. The Kier molecular flexibility index (Phi) is 5.79. The Morgan fingerprint density at radius 3 is 2.58 bits per heavy atom. The van der Waals surface area contributed by atoms with Crippen LogP contribution in [-0.2, 0) is 14.3 Å². The number of hydrogen-bond acceptors (Lipinski definition) is 3. The van der Waals surface area contributed by atoms with E-state index in [-0.39, 0.29) is 17.9 Å². The van der Waals surface area contributed by atoms with Gasteiger partial charge in [-0.2, -0.15) is 0 Å². The van der Waals surface area contributed by atoms with E-state index in [1.54, 1.807) is 18.9 Å². The smallest absolute Gasteiger partial charge is 0.248 e. The van der Waals surface area contributed by atoms with Crippen molar-refractivity contribution in [1.29, 1.82) is 0 Å². The molecule has 0 aromatic heterocycles. The van der Waals surface area contributed by atoms with Gasteiger partial charge in [0, 0.05) is 20.3 Å². The van der Waals surface area contributed by atoms with Crippen LogP contribution in [0.15, 0.2) is 0 Å². The molecule has 0 bridgehead atoms. The van der Waals surface area contributed by atoms with Gasteiger partial charge in [0.15, 0.2) is 0 Å². The Labute approximate surface area is 115 Å². The van der Waals surface area contributed by atoms with Crippen molar-refractivity contribution in [2.45, 2.75) is 58.0 Å². The zero-order valence-corrected chi connectivity index (χ0v) is 12.5. The van der Waals surface area contributed by atoms with Gasteiger partial charge in [-0.25, -0.2) is 0 Å². The maximum Gasteiger partial charge on any atom is 0.248 e. The molecule has 1 aliphatic heterocycles. The van der Waals surface area contributed by atoms with Crippen LogP contribution >= 0.6 is 0 Å². The van der Waals surface area contributed by atoms with E-state index >= 15 is 0 Å². The molecular weight excluding hydrogens is 244 g/mol. The monoisotopic (exact) mass is 270 g/mol. The van der Waals surface area contributed by atoms with Gasteiger partial charge in [0.25, 0.3) is 0 Å². The van der Waals surface area contributed by atoms with Crippen LogP contribution < -0.4 is 5.32 Å². The predicted molar refractivity (Wildman–Crippen MR) is 73.7 cm³/mol. The van der Waals surface area contributed by atoms with Gasteiger partial charge >= 0.3 is 0 Å². The average molecular weight is 270 g/mol. The van der Waals surface area contributed by atoms with Crippen LogP contribution in [0, 0.1) is 0 Å². The van der Waals surface area contributed by atoms with Crippen LogP contribution in [0.4, 0.5) is 0 Å². The SMILES string of the molecule is CCCC1C(=O)NC(C)(CC)C(=O)N1CCCOC. The summed E-state index contributed by atoms with van der Waals surface area (Å²) in [6.45, 7) is 6.94. The number of carbonyl (C=O) groups excluding carboxylic acids is 2. The Bertz CT molecular complexity index is 333. The molecule has 2 atom stereocenters. The molecule has 0 saturated carbocycles. The number of ether oxygens (including phenoxy) is 1. The lowest BCUT2D eigenvalue weighted by Crippen LogP contribution is -2.69. The van der Waals surface area contributed by atoms with Crippen molar-refractivity contribution in [3.05, 3.63) is 0 Å². The third kappa shape index (κ3) is 3.47. The summed E-state index contributed by atoms with van der Waals surface area (Å²) >= 11 is 0. The van der Waals surface area contributed by atoms with Crippen molar-refractivity contribution >= 4 is 11.8 Å². The maximum absolute atomic E-state index is 12.6. The van der Waals surface area contributed by atoms with E-state index in [0.717, 1.165) is 12.8 Å². The number of amides is 2. The molecule has 2 amide bonds. The molecular formula is C14H26N2O3. The van der Waals surface area contributed by atoms with Gasteiger partial charge in [-0.3, -0.25) is 9.59 Å². The van der Waals surface area contributed by atoms with E-state index in [1.165, 1.54) is 0 Å². The van der Waals surface area contributed by atoms with Crippen LogP contribution in [0.5, 0.6) is 0 Å². The highest BCUT2D eigenvalue weighted by molar-refractivity contribution is 5.99. The molecule has 19 heavy (non-hydrogen) atoms. The number of nitrogens with one attached hydrogen (secondary N) is 1. The standard InChI is InChI=1S/C14H26N2O3/c1-5-8-11-12(17)15-14(3,6-2)13(18)16(11)9-7-10-19-4/h11H,5-10H2,1-4H3,(H,15,17). The van der Waals surface area contributed by atoms with Crippen molar-refractivity contribution < 1.29 is 14.3 Å². The fraction of sp³-hybridized carbons (Fsp3) is 0.857. The third-order valence-corrected chi connectivity index (χ3v) is 3.83. The highest BCUT2D eigenvalue weighted by atomic mass is 16.5. The number of rotatable bonds is 7. The third-order valence-electron chi connectivity index (χ3n) is 3.83. The molecule has 0 aromatic carbocycles. The second-order valence-electron chi connectivity index (χ2n) is 5.32. The normalized spacial score (nSPS) is 27.6. The lowest BCUT2D eigenvalue weighted by Gasteiger charge is -2.44. The molecule has 1 saturated heterocycles. The second kappa shape index (κ2) is 6.89. The molecule has 0 radical (unpaired) electrons. The Morgan fingerprint density at radius 2 is 2.05 bits per heavy atom. The molecule has 1 N–H and O–H groups in total. The Morgan fingerprint density at radius 1 is 1.37 bits per heavy atom. The minimum atomic E-state index is -0.756. The molecule has 0 aliphatic carbocycles. The van der Waals surface area contributed by atoms with Gasteiger partial charge in [0.05, 0.1) is 0 Å². The fourth-order valence-corrected chi connectivity index (χ4v) is 2.45. The molecule has 5 nitrogen and oxygen atoms in total. The minimum absolute atomic E-state index is 0.0248. The summed E-state index contributed by atoms with van der Waals surface area (Å²) in [6, 6.07) is -0.325. The van der Waals surface area contributed by atoms with E-state index in [9.17, 15) is 9.59 Å². The number of nitrogens with zero attached hydrogens (tertiary/aromatic N) is 1. The summed E-state index contributed by atoms with van der Waals surface area (Å²) < 4.78 is 5.03. The van der Waals surface area contributed by atoms with Crippen LogP contribution in [0.3, 0.4) is 0 Å². The van der Waals surface area contributed by atoms with Gasteiger partial charge < -0.3 is 15.0 Å². The first kappa shape index (κ1) is 16.0. The fourth-order valence-electron chi connectivity index (χ4n) is 2.45. The van der Waals surface area contributed by atoms with E-state index in [1.807, 2.05) is 13.8 Å². The number of piperazine rings is 1. The lowest BCUT2D eigenvalue weighted by atomic mass is 9.90. The zero-order valence-electron chi connectivity index (χ0n) is 12.5.